The van der Waals surface area contributed by atoms with Crippen LogP contribution in [0.2, 0.25) is 0 Å². The topological polar surface area (TPSA) is 118 Å². The third-order valence-corrected chi connectivity index (χ3v) is 4.20. The second kappa shape index (κ2) is 7.94. The number of rotatable bonds is 7. The quantitative estimate of drug-likeness (QED) is 0.641. The number of aryl methyl sites for hydroxylation is 1. The van der Waals surface area contributed by atoms with Gasteiger partial charge in [-0.15, -0.1) is 0 Å². The third-order valence-electron chi connectivity index (χ3n) is 4.20. The van der Waals surface area contributed by atoms with Gasteiger partial charge in [-0.05, 0) is 38.0 Å². The van der Waals surface area contributed by atoms with Crippen LogP contribution in [0.15, 0.2) is 12.1 Å². The van der Waals surface area contributed by atoms with Crippen LogP contribution in [0.1, 0.15) is 56.3 Å². The molecule has 0 fully saturated rings. The Bertz CT molecular complexity index is 913. The number of carbonyl (C=O) groups excluding carboxylic acids is 2. The number of H-pyrrole nitrogens is 1. The van der Waals surface area contributed by atoms with E-state index in [-0.39, 0.29) is 34.2 Å². The summed E-state index contributed by atoms with van der Waals surface area (Å²) in [6.45, 7) is 5.02. The van der Waals surface area contributed by atoms with E-state index in [0.717, 1.165) is 0 Å². The monoisotopic (exact) mass is 374 g/mol. The minimum atomic E-state index is -1.17. The minimum Gasteiger partial charge on any atom is -0.493 e. The Labute approximate surface area is 156 Å². The summed E-state index contributed by atoms with van der Waals surface area (Å²) >= 11 is 0. The normalized spacial score (nSPS) is 10.4. The van der Waals surface area contributed by atoms with Crippen LogP contribution in [-0.4, -0.2) is 42.0 Å². The number of benzene rings is 1. The number of aromatic amines is 1. The van der Waals surface area contributed by atoms with E-state index in [1.54, 1.807) is 6.92 Å². The van der Waals surface area contributed by atoms with Crippen molar-refractivity contribution in [3.05, 3.63) is 40.2 Å². The molecule has 0 saturated heterocycles. The second-order valence-corrected chi connectivity index (χ2v) is 5.91. The Hall–Kier alpha value is -3.29. The van der Waals surface area contributed by atoms with Gasteiger partial charge in [-0.25, -0.2) is 4.79 Å². The van der Waals surface area contributed by atoms with Gasteiger partial charge >= 0.3 is 5.97 Å². The van der Waals surface area contributed by atoms with Gasteiger partial charge in [-0.1, -0.05) is 6.92 Å². The molecule has 2 rings (SSSR count). The van der Waals surface area contributed by atoms with Gasteiger partial charge in [0, 0.05) is 11.3 Å². The predicted octanol–water partition coefficient (Wildman–Crippen LogP) is 3.06. The molecule has 27 heavy (non-hydrogen) atoms. The second-order valence-electron chi connectivity index (χ2n) is 5.91. The Morgan fingerprint density at radius 1 is 1.19 bits per heavy atom. The molecule has 0 aliphatic heterocycles. The highest BCUT2D eigenvalue weighted by molar-refractivity contribution is 6.09. The van der Waals surface area contributed by atoms with Crippen LogP contribution < -0.4 is 14.8 Å². The number of aromatic carboxylic acids is 1. The Morgan fingerprint density at radius 2 is 1.85 bits per heavy atom. The Kier molecular flexibility index (Phi) is 5.89. The molecule has 0 atom stereocenters. The number of carbonyl (C=O) groups is 3. The average Bonchev–Trinajstić information content (AvgIpc) is 2.97. The lowest BCUT2D eigenvalue weighted by Gasteiger charge is -2.15. The van der Waals surface area contributed by atoms with Crippen LogP contribution in [0.25, 0.3) is 0 Å². The van der Waals surface area contributed by atoms with Gasteiger partial charge in [0.25, 0.3) is 5.91 Å². The minimum absolute atomic E-state index is 0.0641. The fourth-order valence-electron chi connectivity index (χ4n) is 3.07. The van der Waals surface area contributed by atoms with E-state index in [4.69, 9.17) is 9.47 Å². The molecular weight excluding hydrogens is 352 g/mol. The van der Waals surface area contributed by atoms with Crippen LogP contribution in [0.5, 0.6) is 11.5 Å². The van der Waals surface area contributed by atoms with Crippen molar-refractivity contribution in [1.82, 2.24) is 4.98 Å². The molecule has 0 unspecified atom stereocenters. The Balaban J connectivity index is 2.53. The number of carboxylic acid groups (broad SMARTS) is 1. The van der Waals surface area contributed by atoms with Gasteiger partial charge in [-0.3, -0.25) is 9.59 Å². The molecule has 1 amide bonds. The molecule has 144 valence electrons. The molecule has 0 aliphatic carbocycles. The molecule has 2 aromatic rings. The highest BCUT2D eigenvalue weighted by Gasteiger charge is 2.24. The van der Waals surface area contributed by atoms with Crippen molar-refractivity contribution in [2.75, 3.05) is 19.5 Å². The van der Waals surface area contributed by atoms with Gasteiger partial charge in [0.2, 0.25) is 0 Å². The summed E-state index contributed by atoms with van der Waals surface area (Å²) in [6, 6.07) is 2.59. The van der Waals surface area contributed by atoms with Crippen LogP contribution in [-0.2, 0) is 6.42 Å². The summed E-state index contributed by atoms with van der Waals surface area (Å²) in [5.74, 6) is -1.44. The van der Waals surface area contributed by atoms with Gasteiger partial charge in [0.05, 0.1) is 25.5 Å². The molecule has 0 spiro atoms. The van der Waals surface area contributed by atoms with Crippen LogP contribution in [0.3, 0.4) is 0 Å². The Morgan fingerprint density at radius 3 is 2.33 bits per heavy atom. The molecule has 0 bridgehead atoms. The number of methoxy groups -OCH3 is 2. The average molecular weight is 374 g/mol. The smallest absolute Gasteiger partial charge is 0.335 e. The number of carboxylic acids is 1. The number of hydrogen-bond acceptors (Lipinski definition) is 5. The van der Waals surface area contributed by atoms with Crippen molar-refractivity contribution in [1.29, 1.82) is 0 Å². The van der Waals surface area contributed by atoms with E-state index in [2.05, 4.69) is 10.3 Å². The van der Waals surface area contributed by atoms with Crippen LogP contribution >= 0.6 is 0 Å². The molecule has 1 aromatic carbocycles. The van der Waals surface area contributed by atoms with Crippen molar-refractivity contribution >= 4 is 23.3 Å². The summed E-state index contributed by atoms with van der Waals surface area (Å²) in [6.07, 6.45) is 0.484. The molecule has 8 nitrogen and oxygen atoms in total. The largest absolute Gasteiger partial charge is 0.493 e. The maximum atomic E-state index is 12.8. The van der Waals surface area contributed by atoms with E-state index in [9.17, 15) is 19.5 Å². The summed E-state index contributed by atoms with van der Waals surface area (Å²) in [5.41, 5.74) is 2.04. The first-order chi connectivity index (χ1) is 12.7. The van der Waals surface area contributed by atoms with Crippen molar-refractivity contribution in [3.8, 4) is 11.5 Å². The summed E-state index contributed by atoms with van der Waals surface area (Å²) in [5, 5.41) is 11.9. The predicted molar refractivity (Wildman–Crippen MR) is 99.4 cm³/mol. The van der Waals surface area contributed by atoms with Crippen LogP contribution in [0.4, 0.5) is 5.69 Å². The van der Waals surface area contributed by atoms with Crippen molar-refractivity contribution in [3.63, 3.8) is 0 Å². The fourth-order valence-corrected chi connectivity index (χ4v) is 3.07. The maximum absolute atomic E-state index is 12.8. The van der Waals surface area contributed by atoms with Gasteiger partial charge in [-0.2, -0.15) is 0 Å². The van der Waals surface area contributed by atoms with E-state index in [1.807, 2.05) is 6.92 Å². The summed E-state index contributed by atoms with van der Waals surface area (Å²) in [4.78, 5) is 39.0. The van der Waals surface area contributed by atoms with E-state index < -0.39 is 11.9 Å². The van der Waals surface area contributed by atoms with E-state index in [1.165, 1.54) is 33.3 Å². The van der Waals surface area contributed by atoms with Crippen molar-refractivity contribution < 1.29 is 29.0 Å². The first-order valence-corrected chi connectivity index (χ1v) is 8.28. The number of aromatic nitrogens is 1. The summed E-state index contributed by atoms with van der Waals surface area (Å²) in [7, 11) is 2.76. The number of nitrogens with one attached hydrogen (secondary N) is 2. The standard InChI is InChI=1S/C19H22N2O6/c1-6-12-15(10(3)22)9(2)20-16(12)18(23)21-13-7-11(19(24)25)8-14(26-4)17(13)27-5/h7-8,20H,6H2,1-5H3,(H,21,23)(H,24,25). The fraction of sp³-hybridized carbons (Fsp3) is 0.316. The first-order valence-electron chi connectivity index (χ1n) is 8.28. The number of ketones is 1. The summed E-state index contributed by atoms with van der Waals surface area (Å²) < 4.78 is 10.4. The number of Topliss-reactive ketones (excluding diaryl/α,β-unsaturated/α-hetero) is 1. The van der Waals surface area contributed by atoms with Gasteiger partial charge < -0.3 is 24.9 Å². The number of hydrogen-bond donors (Lipinski definition) is 3. The number of anilines is 1. The highest BCUT2D eigenvalue weighted by Crippen LogP contribution is 2.37. The first kappa shape index (κ1) is 20.0. The molecule has 1 aromatic heterocycles. The molecule has 0 aliphatic rings. The van der Waals surface area contributed by atoms with Gasteiger partial charge in [0.15, 0.2) is 17.3 Å². The molecule has 3 N–H and O–H groups in total. The maximum Gasteiger partial charge on any atom is 0.335 e. The zero-order valence-electron chi connectivity index (χ0n) is 15.9. The molecule has 8 heteroatoms. The van der Waals surface area contributed by atoms with Gasteiger partial charge in [0.1, 0.15) is 5.69 Å². The van der Waals surface area contributed by atoms with Crippen molar-refractivity contribution in [2.45, 2.75) is 27.2 Å². The lowest BCUT2D eigenvalue weighted by molar-refractivity contribution is 0.0695. The number of ether oxygens (including phenoxy) is 2. The zero-order chi connectivity index (χ0) is 20.3. The van der Waals surface area contributed by atoms with E-state index >= 15 is 0 Å². The number of amides is 1. The zero-order valence-corrected chi connectivity index (χ0v) is 15.9. The lowest BCUT2D eigenvalue weighted by Crippen LogP contribution is -2.16. The van der Waals surface area contributed by atoms with Crippen molar-refractivity contribution in [2.24, 2.45) is 0 Å². The lowest BCUT2D eigenvalue weighted by atomic mass is 10.0. The third kappa shape index (κ3) is 3.79. The molecule has 0 saturated carbocycles. The molecule has 0 radical (unpaired) electrons. The highest BCUT2D eigenvalue weighted by atomic mass is 16.5. The van der Waals surface area contributed by atoms with Crippen LogP contribution in [0, 0.1) is 6.92 Å². The van der Waals surface area contributed by atoms with E-state index in [0.29, 0.717) is 23.2 Å². The SMILES string of the molecule is CCc1c(C(=O)Nc2cc(C(=O)O)cc(OC)c2OC)[nH]c(C)c1C(C)=O. The molecule has 1 heterocycles. The molecular formula is C19H22N2O6.